The van der Waals surface area contributed by atoms with Crippen molar-refractivity contribution in [3.05, 3.63) is 29.8 Å². The minimum atomic E-state index is -0.535. The van der Waals surface area contributed by atoms with Crippen molar-refractivity contribution in [3.63, 3.8) is 0 Å². The fourth-order valence-electron chi connectivity index (χ4n) is 1.34. The van der Waals surface area contributed by atoms with Crippen LogP contribution in [0.1, 0.15) is 23.2 Å². The summed E-state index contributed by atoms with van der Waals surface area (Å²) >= 11 is 0. The highest BCUT2D eigenvalue weighted by Crippen LogP contribution is 2.16. The van der Waals surface area contributed by atoms with E-state index in [1.165, 1.54) is 12.1 Å². The van der Waals surface area contributed by atoms with Gasteiger partial charge in [-0.15, -0.1) is 0 Å². The largest absolute Gasteiger partial charge is 0.507 e. The van der Waals surface area contributed by atoms with Gasteiger partial charge < -0.3 is 20.9 Å². The molecule has 0 aromatic heterocycles. The van der Waals surface area contributed by atoms with Crippen LogP contribution < -0.4 is 11.1 Å². The van der Waals surface area contributed by atoms with Crippen LogP contribution in [0.3, 0.4) is 0 Å². The van der Waals surface area contributed by atoms with Gasteiger partial charge in [-0.3, -0.25) is 5.41 Å². The number of aromatic hydroxyl groups is 1. The minimum absolute atomic E-state index is 0.0683. The second-order valence-corrected chi connectivity index (χ2v) is 3.70. The van der Waals surface area contributed by atoms with Gasteiger partial charge in [-0.05, 0) is 25.0 Å². The molecular weight excluding hydrogens is 234 g/mol. The number of nitrogens with two attached hydrogens (primary N) is 1. The molecule has 0 amide bonds. The summed E-state index contributed by atoms with van der Waals surface area (Å²) in [5, 5.41) is 19.0. The van der Waals surface area contributed by atoms with Crippen LogP contribution in [0.25, 0.3) is 0 Å². The fraction of sp³-hybridized carbons (Fsp3) is 0.333. The highest BCUT2D eigenvalue weighted by molar-refractivity contribution is 5.92. The first-order valence-electron chi connectivity index (χ1n) is 5.64. The average molecular weight is 251 g/mol. The molecule has 6 nitrogen and oxygen atoms in total. The maximum Gasteiger partial charge on any atom is 0.341 e. The zero-order chi connectivity index (χ0) is 13.4. The molecule has 0 spiro atoms. The Balaban J connectivity index is 2.22. The van der Waals surface area contributed by atoms with E-state index in [0.717, 1.165) is 6.42 Å². The lowest BCUT2D eigenvalue weighted by atomic mass is 10.2. The molecule has 0 fully saturated rings. The van der Waals surface area contributed by atoms with Crippen molar-refractivity contribution in [1.82, 2.24) is 5.32 Å². The van der Waals surface area contributed by atoms with Crippen molar-refractivity contribution < 1.29 is 14.6 Å². The summed E-state index contributed by atoms with van der Waals surface area (Å²) in [4.78, 5) is 11.6. The number of esters is 1. The predicted octanol–water partition coefficient (Wildman–Crippen LogP) is 0.812. The summed E-state index contributed by atoms with van der Waals surface area (Å²) in [5.74, 6) is -0.686. The number of guanidine groups is 1. The molecule has 1 rings (SSSR count). The lowest BCUT2D eigenvalue weighted by molar-refractivity contribution is 0.0495. The molecule has 1 aromatic rings. The number of rotatable bonds is 6. The smallest absolute Gasteiger partial charge is 0.341 e. The van der Waals surface area contributed by atoms with Gasteiger partial charge >= 0.3 is 5.97 Å². The Morgan fingerprint density at radius 3 is 2.78 bits per heavy atom. The van der Waals surface area contributed by atoms with E-state index in [-0.39, 0.29) is 23.9 Å². The standard InChI is InChI=1S/C12H17N3O3/c13-12(14)15-7-3-4-8-18-11(17)9-5-1-2-6-10(9)16/h1-2,5-6,16H,3-4,7-8H2,(H4,13,14,15). The SMILES string of the molecule is N=C(N)NCCCCOC(=O)c1ccccc1O. The van der Waals surface area contributed by atoms with Gasteiger partial charge in [-0.25, -0.2) is 4.79 Å². The first kappa shape index (κ1) is 13.8. The van der Waals surface area contributed by atoms with E-state index in [1.807, 2.05) is 0 Å². The van der Waals surface area contributed by atoms with Crippen molar-refractivity contribution >= 4 is 11.9 Å². The summed E-state index contributed by atoms with van der Waals surface area (Å²) in [6.45, 7) is 0.843. The molecule has 0 radical (unpaired) electrons. The van der Waals surface area contributed by atoms with Gasteiger partial charge in [0.1, 0.15) is 11.3 Å². The Bertz CT molecular complexity index is 421. The van der Waals surface area contributed by atoms with Crippen LogP contribution >= 0.6 is 0 Å². The van der Waals surface area contributed by atoms with Crippen molar-refractivity contribution in [2.24, 2.45) is 5.73 Å². The van der Waals surface area contributed by atoms with Gasteiger partial charge in [-0.2, -0.15) is 0 Å². The number of ether oxygens (including phenoxy) is 1. The average Bonchev–Trinajstić information content (AvgIpc) is 2.33. The Morgan fingerprint density at radius 2 is 2.11 bits per heavy atom. The van der Waals surface area contributed by atoms with Gasteiger partial charge in [0.25, 0.3) is 0 Å². The molecule has 0 heterocycles. The second-order valence-electron chi connectivity index (χ2n) is 3.70. The van der Waals surface area contributed by atoms with Gasteiger partial charge in [0.2, 0.25) is 0 Å². The fourth-order valence-corrected chi connectivity index (χ4v) is 1.34. The van der Waals surface area contributed by atoms with Crippen LogP contribution in [0.15, 0.2) is 24.3 Å². The monoisotopic (exact) mass is 251 g/mol. The molecule has 0 unspecified atom stereocenters. The summed E-state index contributed by atoms with van der Waals surface area (Å²) in [6, 6.07) is 6.25. The minimum Gasteiger partial charge on any atom is -0.507 e. The zero-order valence-electron chi connectivity index (χ0n) is 9.98. The number of para-hydroxylation sites is 1. The van der Waals surface area contributed by atoms with Gasteiger partial charge in [-0.1, -0.05) is 12.1 Å². The molecule has 0 bridgehead atoms. The first-order valence-corrected chi connectivity index (χ1v) is 5.64. The molecule has 18 heavy (non-hydrogen) atoms. The Kier molecular flexibility index (Phi) is 5.50. The maximum absolute atomic E-state index is 11.6. The third kappa shape index (κ3) is 4.73. The predicted molar refractivity (Wildman–Crippen MR) is 67.5 cm³/mol. The zero-order valence-corrected chi connectivity index (χ0v) is 9.98. The summed E-state index contributed by atoms with van der Waals surface area (Å²) in [6.07, 6.45) is 1.41. The second kappa shape index (κ2) is 7.16. The van der Waals surface area contributed by atoms with Crippen LogP contribution in [-0.4, -0.2) is 30.2 Å². The number of hydrogen-bond acceptors (Lipinski definition) is 4. The Labute approximate surface area is 105 Å². The molecule has 98 valence electrons. The quantitative estimate of drug-likeness (QED) is 0.259. The summed E-state index contributed by atoms with van der Waals surface area (Å²) in [5.41, 5.74) is 5.27. The van der Waals surface area contributed by atoms with Crippen LogP contribution in [0.4, 0.5) is 0 Å². The summed E-state index contributed by atoms with van der Waals surface area (Å²) in [7, 11) is 0. The number of phenolic OH excluding ortho intramolecular Hbond substituents is 1. The van der Waals surface area contributed by atoms with Crippen molar-refractivity contribution in [2.45, 2.75) is 12.8 Å². The molecule has 0 aliphatic rings. The highest BCUT2D eigenvalue weighted by Gasteiger charge is 2.10. The first-order chi connectivity index (χ1) is 8.61. The molecule has 0 saturated heterocycles. The lowest BCUT2D eigenvalue weighted by Crippen LogP contribution is -2.31. The molecule has 0 saturated carbocycles. The van der Waals surface area contributed by atoms with Crippen molar-refractivity contribution in [2.75, 3.05) is 13.2 Å². The van der Waals surface area contributed by atoms with Gasteiger partial charge in [0, 0.05) is 6.54 Å². The van der Waals surface area contributed by atoms with E-state index in [4.69, 9.17) is 15.9 Å². The number of nitrogens with one attached hydrogen (secondary N) is 2. The number of benzene rings is 1. The number of phenols is 1. The van der Waals surface area contributed by atoms with E-state index >= 15 is 0 Å². The Hall–Kier alpha value is -2.24. The highest BCUT2D eigenvalue weighted by atomic mass is 16.5. The molecule has 6 heteroatoms. The molecular formula is C12H17N3O3. The van der Waals surface area contributed by atoms with Crippen molar-refractivity contribution in [1.29, 1.82) is 5.41 Å². The van der Waals surface area contributed by atoms with Crippen molar-refractivity contribution in [3.8, 4) is 5.75 Å². The Morgan fingerprint density at radius 1 is 1.39 bits per heavy atom. The number of carbonyl (C=O) groups is 1. The molecule has 0 atom stereocenters. The van der Waals surface area contributed by atoms with Crippen LogP contribution in [0, 0.1) is 5.41 Å². The lowest BCUT2D eigenvalue weighted by Gasteiger charge is -2.06. The normalized spacial score (nSPS) is 9.78. The molecule has 0 aliphatic carbocycles. The third-order valence-electron chi connectivity index (χ3n) is 2.24. The molecule has 1 aromatic carbocycles. The number of hydrogen-bond donors (Lipinski definition) is 4. The van der Waals surface area contributed by atoms with E-state index in [9.17, 15) is 9.90 Å². The maximum atomic E-state index is 11.6. The van der Waals surface area contributed by atoms with Crippen LogP contribution in [-0.2, 0) is 4.74 Å². The number of carbonyl (C=O) groups excluding carboxylic acids is 1. The molecule has 0 aliphatic heterocycles. The van der Waals surface area contributed by atoms with Crippen LogP contribution in [0.5, 0.6) is 5.75 Å². The van der Waals surface area contributed by atoms with E-state index in [1.54, 1.807) is 12.1 Å². The van der Waals surface area contributed by atoms with Crippen LogP contribution in [0.2, 0.25) is 0 Å². The van der Waals surface area contributed by atoms with Gasteiger partial charge in [0.15, 0.2) is 5.96 Å². The van der Waals surface area contributed by atoms with E-state index in [0.29, 0.717) is 13.0 Å². The van der Waals surface area contributed by atoms with Gasteiger partial charge in [0.05, 0.1) is 6.61 Å². The summed E-state index contributed by atoms with van der Waals surface area (Å²) < 4.78 is 5.00. The third-order valence-corrected chi connectivity index (χ3v) is 2.24. The topological polar surface area (TPSA) is 108 Å². The van der Waals surface area contributed by atoms with E-state index < -0.39 is 5.97 Å². The van der Waals surface area contributed by atoms with E-state index in [2.05, 4.69) is 5.32 Å². The molecule has 5 N–H and O–H groups in total. The number of unbranched alkanes of at least 4 members (excludes halogenated alkanes) is 1.